The second-order valence-electron chi connectivity index (χ2n) is 4.78. The number of fused-ring (bicyclic) bond motifs is 1. The third-order valence-electron chi connectivity index (χ3n) is 3.46. The highest BCUT2D eigenvalue weighted by atomic mass is 16.2. The molecular weight excluding hydrogens is 262 g/mol. The minimum atomic E-state index is -0.747. The van der Waals surface area contributed by atoms with Gasteiger partial charge in [-0.05, 0) is 12.1 Å². The number of nitrogen functional groups attached to an aromatic ring is 1. The van der Waals surface area contributed by atoms with Gasteiger partial charge in [-0.2, -0.15) is 0 Å². The first-order valence-electron chi connectivity index (χ1n) is 6.08. The number of carbonyl (C=O) groups excluding carboxylic acids is 4. The Hall–Kier alpha value is -2.70. The molecule has 2 heterocycles. The summed E-state index contributed by atoms with van der Waals surface area (Å²) in [7, 11) is 0. The van der Waals surface area contributed by atoms with Crippen LogP contribution in [-0.4, -0.2) is 34.6 Å². The highest BCUT2D eigenvalue weighted by molar-refractivity contribution is 6.24. The van der Waals surface area contributed by atoms with E-state index in [1.165, 1.54) is 12.1 Å². The van der Waals surface area contributed by atoms with E-state index in [2.05, 4.69) is 5.32 Å². The zero-order valence-corrected chi connectivity index (χ0v) is 10.4. The molecule has 0 spiro atoms. The number of rotatable bonds is 1. The molecule has 20 heavy (non-hydrogen) atoms. The van der Waals surface area contributed by atoms with Crippen LogP contribution in [0.5, 0.6) is 0 Å². The summed E-state index contributed by atoms with van der Waals surface area (Å²) in [5, 5.41) is 2.14. The van der Waals surface area contributed by atoms with E-state index in [1.54, 1.807) is 6.07 Å². The van der Waals surface area contributed by atoms with Crippen molar-refractivity contribution in [2.45, 2.75) is 18.9 Å². The summed E-state index contributed by atoms with van der Waals surface area (Å²) in [6, 6.07) is 3.88. The van der Waals surface area contributed by atoms with Gasteiger partial charge >= 0.3 is 0 Å². The molecule has 3 rings (SSSR count). The lowest BCUT2D eigenvalue weighted by Crippen LogP contribution is -2.50. The van der Waals surface area contributed by atoms with Crippen LogP contribution in [0.1, 0.15) is 33.6 Å². The maximum absolute atomic E-state index is 12.3. The van der Waals surface area contributed by atoms with Crippen LogP contribution in [0.15, 0.2) is 18.2 Å². The molecule has 0 aliphatic carbocycles. The van der Waals surface area contributed by atoms with Crippen LogP contribution in [0.4, 0.5) is 5.69 Å². The zero-order valence-electron chi connectivity index (χ0n) is 10.4. The number of anilines is 1. The van der Waals surface area contributed by atoms with Gasteiger partial charge in [-0.25, -0.2) is 0 Å². The lowest BCUT2D eigenvalue weighted by molar-refractivity contribution is -0.134. The molecule has 1 fully saturated rings. The number of imide groups is 2. The molecule has 0 radical (unpaired) electrons. The molecule has 1 aromatic carbocycles. The first kappa shape index (κ1) is 12.3. The fourth-order valence-corrected chi connectivity index (χ4v) is 2.60. The normalized spacial score (nSPS) is 19.3. The smallest absolute Gasteiger partial charge is 0.263 e. The standard InChI is InChI=1S/C13H11N3O4/c14-8-3-1-2-7-11(8)13(20)16(12(7)19)6-4-9(17)15-10(18)5-6/h1-3,6H,4-5,14H2,(H,15,17,18). The van der Waals surface area contributed by atoms with Gasteiger partial charge in [0, 0.05) is 18.5 Å². The molecule has 102 valence electrons. The Bertz CT molecular complexity index is 652. The fraction of sp³-hybridized carbons (Fsp3) is 0.231. The maximum atomic E-state index is 12.3. The van der Waals surface area contributed by atoms with Crippen LogP contribution in [-0.2, 0) is 9.59 Å². The molecule has 2 aliphatic heterocycles. The van der Waals surface area contributed by atoms with Crippen LogP contribution < -0.4 is 11.1 Å². The average Bonchev–Trinajstić information content (AvgIpc) is 2.61. The number of nitrogens with two attached hydrogens (primary N) is 1. The summed E-state index contributed by atoms with van der Waals surface area (Å²) in [5.41, 5.74) is 6.31. The van der Waals surface area contributed by atoms with Crippen LogP contribution in [0.3, 0.4) is 0 Å². The lowest BCUT2D eigenvalue weighted by Gasteiger charge is -2.28. The quantitative estimate of drug-likeness (QED) is 0.538. The van der Waals surface area contributed by atoms with Gasteiger partial charge in [-0.3, -0.25) is 29.4 Å². The van der Waals surface area contributed by atoms with Crippen molar-refractivity contribution in [3.63, 3.8) is 0 Å². The van der Waals surface area contributed by atoms with E-state index in [0.29, 0.717) is 0 Å². The van der Waals surface area contributed by atoms with Gasteiger partial charge in [0.1, 0.15) is 0 Å². The van der Waals surface area contributed by atoms with E-state index >= 15 is 0 Å². The summed E-state index contributed by atoms with van der Waals surface area (Å²) in [4.78, 5) is 48.3. The van der Waals surface area contributed by atoms with Gasteiger partial charge in [-0.1, -0.05) is 6.07 Å². The SMILES string of the molecule is Nc1cccc2c1C(=O)N(C1CC(=O)NC(=O)C1)C2=O. The van der Waals surface area contributed by atoms with Gasteiger partial charge < -0.3 is 5.73 Å². The van der Waals surface area contributed by atoms with Gasteiger partial charge in [0.05, 0.1) is 17.2 Å². The Labute approximate surface area is 113 Å². The molecule has 0 atom stereocenters. The Balaban J connectivity index is 2.00. The fourth-order valence-electron chi connectivity index (χ4n) is 2.60. The van der Waals surface area contributed by atoms with E-state index in [-0.39, 0.29) is 29.7 Å². The summed E-state index contributed by atoms with van der Waals surface area (Å²) < 4.78 is 0. The number of benzene rings is 1. The monoisotopic (exact) mass is 273 g/mol. The summed E-state index contributed by atoms with van der Waals surface area (Å²) in [6.45, 7) is 0. The second-order valence-corrected chi connectivity index (χ2v) is 4.78. The van der Waals surface area contributed by atoms with E-state index in [0.717, 1.165) is 4.90 Å². The van der Waals surface area contributed by atoms with Gasteiger partial charge in [0.2, 0.25) is 11.8 Å². The van der Waals surface area contributed by atoms with Crippen molar-refractivity contribution in [2.24, 2.45) is 0 Å². The minimum absolute atomic E-state index is 0.0723. The second kappa shape index (κ2) is 4.16. The van der Waals surface area contributed by atoms with Crippen LogP contribution in [0.25, 0.3) is 0 Å². The number of hydrogen-bond donors (Lipinski definition) is 2. The molecule has 0 bridgehead atoms. The number of carbonyl (C=O) groups is 4. The molecule has 7 heteroatoms. The maximum Gasteiger partial charge on any atom is 0.263 e. The van der Waals surface area contributed by atoms with E-state index in [4.69, 9.17) is 5.73 Å². The number of amides is 4. The molecule has 7 nitrogen and oxygen atoms in total. The molecular formula is C13H11N3O4. The van der Waals surface area contributed by atoms with E-state index < -0.39 is 29.7 Å². The molecule has 3 N–H and O–H groups in total. The van der Waals surface area contributed by atoms with Gasteiger partial charge in [0.25, 0.3) is 11.8 Å². The average molecular weight is 273 g/mol. The summed E-state index contributed by atoms with van der Waals surface area (Å²) in [5.74, 6) is -2.04. The van der Waals surface area contributed by atoms with Crippen LogP contribution in [0, 0.1) is 0 Å². The Morgan fingerprint density at radius 1 is 1.05 bits per heavy atom. The molecule has 0 aromatic heterocycles. The highest BCUT2D eigenvalue weighted by Crippen LogP contribution is 2.31. The predicted octanol–water partition coefficient (Wildman–Crippen LogP) is -0.330. The Morgan fingerprint density at radius 2 is 1.70 bits per heavy atom. The van der Waals surface area contributed by atoms with Crippen molar-refractivity contribution >= 4 is 29.3 Å². The van der Waals surface area contributed by atoms with Gasteiger partial charge in [0.15, 0.2) is 0 Å². The number of nitrogens with one attached hydrogen (secondary N) is 1. The minimum Gasteiger partial charge on any atom is -0.398 e. The third-order valence-corrected chi connectivity index (χ3v) is 3.46. The number of hydrogen-bond acceptors (Lipinski definition) is 5. The third kappa shape index (κ3) is 1.67. The molecule has 4 amide bonds. The molecule has 1 saturated heterocycles. The summed E-state index contributed by atoms with van der Waals surface area (Å²) >= 11 is 0. The van der Waals surface area contributed by atoms with Crippen molar-refractivity contribution in [3.8, 4) is 0 Å². The molecule has 0 saturated carbocycles. The summed E-state index contributed by atoms with van der Waals surface area (Å²) in [6.07, 6.45) is -0.145. The zero-order chi connectivity index (χ0) is 14.4. The first-order chi connectivity index (χ1) is 9.49. The van der Waals surface area contributed by atoms with Crippen LogP contribution in [0.2, 0.25) is 0 Å². The molecule has 1 aromatic rings. The number of nitrogens with zero attached hydrogens (tertiary/aromatic N) is 1. The highest BCUT2D eigenvalue weighted by Gasteiger charge is 2.43. The Kier molecular flexibility index (Phi) is 2.56. The predicted molar refractivity (Wildman–Crippen MR) is 67.5 cm³/mol. The van der Waals surface area contributed by atoms with E-state index in [1.807, 2.05) is 0 Å². The van der Waals surface area contributed by atoms with E-state index in [9.17, 15) is 19.2 Å². The van der Waals surface area contributed by atoms with Crippen molar-refractivity contribution < 1.29 is 19.2 Å². The molecule has 2 aliphatic rings. The van der Waals surface area contributed by atoms with Crippen molar-refractivity contribution in [1.82, 2.24) is 10.2 Å². The largest absolute Gasteiger partial charge is 0.398 e. The molecule has 0 unspecified atom stereocenters. The lowest BCUT2D eigenvalue weighted by atomic mass is 10.0. The first-order valence-corrected chi connectivity index (χ1v) is 6.08. The number of piperidine rings is 1. The van der Waals surface area contributed by atoms with Crippen molar-refractivity contribution in [2.75, 3.05) is 5.73 Å². The topological polar surface area (TPSA) is 110 Å². The van der Waals surface area contributed by atoms with Crippen molar-refractivity contribution in [1.29, 1.82) is 0 Å². The Morgan fingerprint density at radius 3 is 2.30 bits per heavy atom. The van der Waals surface area contributed by atoms with Gasteiger partial charge in [-0.15, -0.1) is 0 Å². The van der Waals surface area contributed by atoms with Crippen LogP contribution >= 0.6 is 0 Å². The van der Waals surface area contributed by atoms with Crippen molar-refractivity contribution in [3.05, 3.63) is 29.3 Å².